The van der Waals surface area contributed by atoms with Crippen LogP contribution in [0.2, 0.25) is 0 Å². The van der Waals surface area contributed by atoms with Gasteiger partial charge in [-0.2, -0.15) is 11.8 Å². The molecule has 3 rings (SSSR count). The van der Waals surface area contributed by atoms with E-state index in [4.69, 9.17) is 11.6 Å². The molecule has 3 fully saturated rings. The van der Waals surface area contributed by atoms with Crippen molar-refractivity contribution in [2.45, 2.75) is 30.3 Å². The summed E-state index contributed by atoms with van der Waals surface area (Å²) in [7, 11) is 0. The molecule has 3 unspecified atom stereocenters. The first kappa shape index (κ1) is 10.7. The van der Waals surface area contributed by atoms with Crippen molar-refractivity contribution in [1.82, 2.24) is 9.80 Å². The van der Waals surface area contributed by atoms with Gasteiger partial charge >= 0.3 is 0 Å². The Hall–Kier alpha value is 0.560. The zero-order chi connectivity index (χ0) is 10.3. The van der Waals surface area contributed by atoms with E-state index in [0.717, 1.165) is 18.6 Å². The zero-order valence-electron chi connectivity index (χ0n) is 9.07. The lowest BCUT2D eigenvalue weighted by Crippen LogP contribution is -2.53. The second-order valence-electron chi connectivity index (χ2n) is 4.99. The topological polar surface area (TPSA) is 6.48 Å². The molecule has 0 bridgehead atoms. The zero-order valence-corrected chi connectivity index (χ0v) is 10.6. The first-order valence-electron chi connectivity index (χ1n) is 6.03. The van der Waals surface area contributed by atoms with Crippen molar-refractivity contribution < 1.29 is 0 Å². The Morgan fingerprint density at radius 2 is 1.87 bits per heavy atom. The second-order valence-corrected chi connectivity index (χ2v) is 6.76. The second kappa shape index (κ2) is 4.44. The quantitative estimate of drug-likeness (QED) is 0.648. The van der Waals surface area contributed by atoms with Gasteiger partial charge in [-0.3, -0.25) is 9.80 Å². The number of hydrogen-bond donors (Lipinski definition) is 0. The van der Waals surface area contributed by atoms with Gasteiger partial charge in [0.15, 0.2) is 0 Å². The number of piperazine rings is 1. The molecule has 0 aromatic carbocycles. The molecule has 0 radical (unpaired) electrons. The van der Waals surface area contributed by atoms with Crippen LogP contribution in [-0.2, 0) is 0 Å². The third-order valence-electron chi connectivity index (χ3n) is 4.02. The number of hydrogen-bond acceptors (Lipinski definition) is 3. The van der Waals surface area contributed by atoms with E-state index < -0.39 is 0 Å². The maximum Gasteiger partial charge on any atom is 0.0478 e. The highest BCUT2D eigenvalue weighted by Gasteiger charge is 2.37. The van der Waals surface area contributed by atoms with Crippen molar-refractivity contribution >= 4 is 23.4 Å². The molecule has 4 heteroatoms. The van der Waals surface area contributed by atoms with Crippen LogP contribution < -0.4 is 0 Å². The first-order valence-corrected chi connectivity index (χ1v) is 7.62. The van der Waals surface area contributed by atoms with Crippen LogP contribution in [-0.4, -0.2) is 64.9 Å². The monoisotopic (exact) mass is 246 g/mol. The van der Waals surface area contributed by atoms with Gasteiger partial charge in [-0.05, 0) is 18.6 Å². The molecule has 3 aliphatic heterocycles. The van der Waals surface area contributed by atoms with Crippen LogP contribution in [0.3, 0.4) is 0 Å². The van der Waals surface area contributed by atoms with Gasteiger partial charge in [0.25, 0.3) is 0 Å². The van der Waals surface area contributed by atoms with Crippen LogP contribution in [0.4, 0.5) is 0 Å². The van der Waals surface area contributed by atoms with Crippen LogP contribution in [0, 0.1) is 0 Å². The van der Waals surface area contributed by atoms with E-state index in [1.807, 2.05) is 0 Å². The van der Waals surface area contributed by atoms with Gasteiger partial charge in [0, 0.05) is 49.4 Å². The van der Waals surface area contributed by atoms with E-state index in [1.165, 1.54) is 44.0 Å². The Bertz CT molecular complexity index is 233. The van der Waals surface area contributed by atoms with E-state index in [2.05, 4.69) is 21.6 Å². The largest absolute Gasteiger partial charge is 0.297 e. The molecule has 0 spiro atoms. The number of nitrogens with zero attached hydrogens (tertiary/aromatic N) is 2. The van der Waals surface area contributed by atoms with Crippen LogP contribution in [0.1, 0.15) is 12.8 Å². The van der Waals surface area contributed by atoms with Crippen molar-refractivity contribution in [1.29, 1.82) is 0 Å². The molecule has 0 aromatic heterocycles. The maximum absolute atomic E-state index is 6.23. The van der Waals surface area contributed by atoms with Gasteiger partial charge in [-0.15, -0.1) is 11.6 Å². The van der Waals surface area contributed by atoms with E-state index in [0.29, 0.717) is 5.38 Å². The van der Waals surface area contributed by atoms with E-state index in [-0.39, 0.29) is 0 Å². The van der Waals surface area contributed by atoms with Crippen LogP contribution >= 0.6 is 23.4 Å². The lowest BCUT2D eigenvalue weighted by atomic mass is 10.1. The fraction of sp³-hybridized carbons (Fsp3) is 1.00. The lowest BCUT2D eigenvalue weighted by molar-refractivity contribution is 0.0794. The average Bonchev–Trinajstić information content (AvgIpc) is 2.82. The molecule has 0 amide bonds. The first-order chi connectivity index (χ1) is 7.33. The number of halogens is 1. The fourth-order valence-electron chi connectivity index (χ4n) is 3.15. The van der Waals surface area contributed by atoms with E-state index in [9.17, 15) is 0 Å². The Morgan fingerprint density at radius 1 is 1.07 bits per heavy atom. The summed E-state index contributed by atoms with van der Waals surface area (Å²) in [6, 6.07) is 1.62. The summed E-state index contributed by atoms with van der Waals surface area (Å²) in [5.74, 6) is 2.73. The molecular weight excluding hydrogens is 228 g/mol. The number of alkyl halides is 1. The minimum atomic E-state index is 0.410. The molecule has 15 heavy (non-hydrogen) atoms. The van der Waals surface area contributed by atoms with Gasteiger partial charge in [-0.1, -0.05) is 0 Å². The standard InChI is InChI=1S/C11H19ClN2S/c12-9-5-11-7-14(3-2-13(11)6-9)10-1-4-15-8-10/h9-11H,1-8H2. The summed E-state index contributed by atoms with van der Waals surface area (Å²) in [6.07, 6.45) is 2.61. The molecule has 3 atom stereocenters. The highest BCUT2D eigenvalue weighted by molar-refractivity contribution is 7.99. The minimum Gasteiger partial charge on any atom is -0.297 e. The molecule has 3 aliphatic rings. The predicted molar refractivity (Wildman–Crippen MR) is 66.9 cm³/mol. The normalized spacial score (nSPS) is 43.4. The maximum atomic E-state index is 6.23. The summed E-state index contributed by atoms with van der Waals surface area (Å²) in [6.45, 7) is 4.91. The average molecular weight is 247 g/mol. The summed E-state index contributed by atoms with van der Waals surface area (Å²) < 4.78 is 0. The van der Waals surface area contributed by atoms with Crippen molar-refractivity contribution in [3.63, 3.8) is 0 Å². The molecule has 0 aromatic rings. The fourth-order valence-corrected chi connectivity index (χ4v) is 4.78. The van der Waals surface area contributed by atoms with Crippen molar-refractivity contribution in [3.8, 4) is 0 Å². The highest BCUT2D eigenvalue weighted by Crippen LogP contribution is 2.29. The SMILES string of the molecule is ClC1CC2CN(C3CCSC3)CCN2C1. The van der Waals surface area contributed by atoms with E-state index in [1.54, 1.807) is 0 Å². The number of fused-ring (bicyclic) bond motifs is 1. The van der Waals surface area contributed by atoms with Gasteiger partial charge < -0.3 is 0 Å². The van der Waals surface area contributed by atoms with E-state index >= 15 is 0 Å². The lowest BCUT2D eigenvalue weighted by Gasteiger charge is -2.40. The van der Waals surface area contributed by atoms with Crippen LogP contribution in [0.25, 0.3) is 0 Å². The van der Waals surface area contributed by atoms with Gasteiger partial charge in [0.05, 0.1) is 0 Å². The minimum absolute atomic E-state index is 0.410. The highest BCUT2D eigenvalue weighted by atomic mass is 35.5. The summed E-state index contributed by atoms with van der Waals surface area (Å²) in [4.78, 5) is 5.31. The number of thioether (sulfide) groups is 1. The van der Waals surface area contributed by atoms with Crippen LogP contribution in [0.15, 0.2) is 0 Å². The Morgan fingerprint density at radius 3 is 2.60 bits per heavy atom. The Kier molecular flexibility index (Phi) is 3.17. The molecule has 2 nitrogen and oxygen atoms in total. The molecule has 3 saturated heterocycles. The molecule has 3 heterocycles. The summed E-state index contributed by atoms with van der Waals surface area (Å²) in [5, 5.41) is 0.410. The Labute approximate surface area is 101 Å². The molecule has 86 valence electrons. The van der Waals surface area contributed by atoms with Crippen molar-refractivity contribution in [2.24, 2.45) is 0 Å². The predicted octanol–water partition coefficient (Wildman–Crippen LogP) is 1.49. The molecule has 0 N–H and O–H groups in total. The van der Waals surface area contributed by atoms with Crippen molar-refractivity contribution in [2.75, 3.05) is 37.7 Å². The third kappa shape index (κ3) is 2.17. The van der Waals surface area contributed by atoms with Gasteiger partial charge in [0.2, 0.25) is 0 Å². The van der Waals surface area contributed by atoms with Crippen molar-refractivity contribution in [3.05, 3.63) is 0 Å². The smallest absolute Gasteiger partial charge is 0.0478 e. The molecule has 0 saturated carbocycles. The summed E-state index contributed by atoms with van der Waals surface area (Å²) >= 11 is 8.35. The van der Waals surface area contributed by atoms with Gasteiger partial charge in [0.1, 0.15) is 0 Å². The van der Waals surface area contributed by atoms with Gasteiger partial charge in [-0.25, -0.2) is 0 Å². The third-order valence-corrected chi connectivity index (χ3v) is 5.48. The number of rotatable bonds is 1. The van der Waals surface area contributed by atoms with Crippen LogP contribution in [0.5, 0.6) is 0 Å². The molecule has 0 aliphatic carbocycles. The Balaban J connectivity index is 1.60. The summed E-state index contributed by atoms with van der Waals surface area (Å²) in [5.41, 5.74) is 0. The molecular formula is C11H19ClN2S.